The molecule has 3 fully saturated rings. The molecule has 3 atom stereocenters. The smallest absolute Gasteiger partial charge is 0.222 e. The van der Waals surface area contributed by atoms with Crippen molar-refractivity contribution < 1.29 is 9.90 Å². The van der Waals surface area contributed by atoms with Gasteiger partial charge >= 0.3 is 0 Å². The van der Waals surface area contributed by atoms with Gasteiger partial charge in [-0.05, 0) is 30.7 Å². The van der Waals surface area contributed by atoms with Crippen LogP contribution in [0.3, 0.4) is 0 Å². The van der Waals surface area contributed by atoms with Crippen molar-refractivity contribution in [2.75, 3.05) is 26.2 Å². The van der Waals surface area contributed by atoms with Gasteiger partial charge in [-0.2, -0.15) is 0 Å². The molecule has 4 nitrogen and oxygen atoms in total. The number of rotatable bonds is 5. The largest absolute Gasteiger partial charge is 0.390 e. The number of likely N-dealkylation sites (tertiary alicyclic amines) is 2. The third-order valence-corrected chi connectivity index (χ3v) is 6.35. The van der Waals surface area contributed by atoms with Crippen LogP contribution in [0.2, 0.25) is 0 Å². The van der Waals surface area contributed by atoms with Crippen LogP contribution in [-0.2, 0) is 10.3 Å². The van der Waals surface area contributed by atoms with Gasteiger partial charge in [0.05, 0.1) is 11.6 Å². The molecule has 3 aliphatic rings. The van der Waals surface area contributed by atoms with Crippen molar-refractivity contribution in [1.29, 1.82) is 0 Å². The van der Waals surface area contributed by atoms with Crippen LogP contribution in [0.1, 0.15) is 44.1 Å². The highest BCUT2D eigenvalue weighted by Crippen LogP contribution is 2.53. The third kappa shape index (κ3) is 2.66. The van der Waals surface area contributed by atoms with Gasteiger partial charge in [-0.1, -0.05) is 43.2 Å². The summed E-state index contributed by atoms with van der Waals surface area (Å²) in [7, 11) is 0. The maximum Gasteiger partial charge on any atom is 0.222 e. The van der Waals surface area contributed by atoms with Gasteiger partial charge in [0.25, 0.3) is 0 Å². The fraction of sp³-hybridized carbons (Fsp3) is 0.650. The van der Waals surface area contributed by atoms with Gasteiger partial charge in [0.2, 0.25) is 5.91 Å². The lowest BCUT2D eigenvalue weighted by atomic mass is 9.61. The van der Waals surface area contributed by atoms with Gasteiger partial charge < -0.3 is 10.0 Å². The van der Waals surface area contributed by atoms with Gasteiger partial charge in [0.1, 0.15) is 0 Å². The van der Waals surface area contributed by atoms with E-state index < -0.39 is 6.10 Å². The summed E-state index contributed by atoms with van der Waals surface area (Å²) in [4.78, 5) is 16.1. The normalized spacial score (nSPS) is 31.6. The van der Waals surface area contributed by atoms with E-state index in [1.165, 1.54) is 31.2 Å². The Morgan fingerprint density at radius 1 is 1.17 bits per heavy atom. The van der Waals surface area contributed by atoms with Crippen molar-refractivity contribution in [3.63, 3.8) is 0 Å². The van der Waals surface area contributed by atoms with E-state index in [2.05, 4.69) is 35.2 Å². The average molecular weight is 328 g/mol. The summed E-state index contributed by atoms with van der Waals surface area (Å²) in [5, 5.41) is 10.6. The zero-order valence-electron chi connectivity index (χ0n) is 14.4. The maximum atomic E-state index is 11.8. The summed E-state index contributed by atoms with van der Waals surface area (Å²) < 4.78 is 0. The summed E-state index contributed by atoms with van der Waals surface area (Å²) in [5.74, 6) is 0.917. The third-order valence-electron chi connectivity index (χ3n) is 6.35. The molecule has 24 heavy (non-hydrogen) atoms. The van der Waals surface area contributed by atoms with Crippen LogP contribution in [0.15, 0.2) is 30.3 Å². The quantitative estimate of drug-likeness (QED) is 0.902. The van der Waals surface area contributed by atoms with Crippen LogP contribution in [0.25, 0.3) is 0 Å². The molecule has 1 aromatic carbocycles. The molecule has 1 amide bonds. The van der Waals surface area contributed by atoms with Crippen LogP contribution < -0.4 is 0 Å². The lowest BCUT2D eigenvalue weighted by molar-refractivity contribution is -0.137. The second-order valence-electron chi connectivity index (χ2n) is 7.74. The SMILES string of the molecule is O=C1CCCN1C[C@H](O)CN1C[C@H]2CCCC[C@]21c1ccccc1. The molecule has 0 radical (unpaired) electrons. The van der Waals surface area contributed by atoms with E-state index in [-0.39, 0.29) is 11.4 Å². The van der Waals surface area contributed by atoms with E-state index in [4.69, 9.17) is 0 Å². The molecule has 1 aromatic rings. The van der Waals surface area contributed by atoms with Gasteiger partial charge in [0, 0.05) is 32.6 Å². The first-order chi connectivity index (χ1) is 11.7. The Kier molecular flexibility index (Phi) is 4.35. The molecule has 4 heteroatoms. The van der Waals surface area contributed by atoms with Crippen LogP contribution in [0, 0.1) is 5.92 Å². The van der Waals surface area contributed by atoms with Crippen LogP contribution in [0.4, 0.5) is 0 Å². The zero-order valence-corrected chi connectivity index (χ0v) is 14.4. The summed E-state index contributed by atoms with van der Waals surface area (Å²) in [6, 6.07) is 10.8. The molecule has 1 N–H and O–H groups in total. The molecule has 4 rings (SSSR count). The Bertz CT molecular complexity index is 591. The first-order valence-electron chi connectivity index (χ1n) is 9.46. The molecule has 0 spiro atoms. The zero-order chi connectivity index (χ0) is 16.6. The van der Waals surface area contributed by atoms with Crippen LogP contribution in [0.5, 0.6) is 0 Å². The second kappa shape index (κ2) is 6.49. The standard InChI is InChI=1S/C20H28N2O2/c23-18(14-21-12-6-10-19(21)24)15-22-13-17-9-4-5-11-20(17,22)16-7-2-1-3-8-16/h1-3,7-8,17-18,23H,4-6,9-15H2/t17-,18+,20+/m1/s1. The van der Waals surface area contributed by atoms with Gasteiger partial charge in [-0.3, -0.25) is 9.69 Å². The number of hydrogen-bond acceptors (Lipinski definition) is 3. The minimum Gasteiger partial charge on any atom is -0.390 e. The maximum absolute atomic E-state index is 11.8. The highest BCUT2D eigenvalue weighted by Gasteiger charge is 2.55. The summed E-state index contributed by atoms with van der Waals surface area (Å²) in [5.41, 5.74) is 1.53. The van der Waals surface area contributed by atoms with E-state index in [0.29, 0.717) is 25.4 Å². The molecular formula is C20H28N2O2. The lowest BCUT2D eigenvalue weighted by Gasteiger charge is -2.62. The van der Waals surface area contributed by atoms with Gasteiger partial charge in [0.15, 0.2) is 0 Å². The van der Waals surface area contributed by atoms with Crippen LogP contribution in [-0.4, -0.2) is 53.1 Å². The number of aliphatic hydroxyl groups excluding tert-OH is 1. The number of nitrogens with zero attached hydrogens (tertiary/aromatic N) is 2. The minimum absolute atomic E-state index is 0.121. The summed E-state index contributed by atoms with van der Waals surface area (Å²) in [6.07, 6.45) is 6.22. The summed E-state index contributed by atoms with van der Waals surface area (Å²) >= 11 is 0. The molecule has 1 aliphatic carbocycles. The highest BCUT2D eigenvalue weighted by molar-refractivity contribution is 5.78. The van der Waals surface area contributed by atoms with E-state index in [1.54, 1.807) is 0 Å². The molecule has 2 saturated heterocycles. The fourth-order valence-corrected chi connectivity index (χ4v) is 5.19. The first-order valence-corrected chi connectivity index (χ1v) is 9.46. The minimum atomic E-state index is -0.449. The lowest BCUT2D eigenvalue weighted by Crippen LogP contribution is -2.67. The Labute approximate surface area is 144 Å². The number of fused-ring (bicyclic) bond motifs is 1. The average Bonchev–Trinajstić information content (AvgIpc) is 2.98. The molecule has 130 valence electrons. The Hall–Kier alpha value is -1.39. The number of benzene rings is 1. The molecule has 0 unspecified atom stereocenters. The number of carbonyl (C=O) groups is 1. The monoisotopic (exact) mass is 328 g/mol. The fourth-order valence-electron chi connectivity index (χ4n) is 5.19. The van der Waals surface area contributed by atoms with E-state index in [1.807, 2.05) is 4.90 Å². The number of β-amino-alcohol motifs (C(OH)–C–C–N with tert-alkyl or cyclic N) is 1. The highest BCUT2D eigenvalue weighted by atomic mass is 16.3. The van der Waals surface area contributed by atoms with Crippen molar-refractivity contribution in [1.82, 2.24) is 9.80 Å². The molecule has 2 heterocycles. The topological polar surface area (TPSA) is 43.8 Å². The molecule has 1 saturated carbocycles. The van der Waals surface area contributed by atoms with Crippen LogP contribution >= 0.6 is 0 Å². The first kappa shape index (κ1) is 16.1. The number of carbonyl (C=O) groups excluding carboxylic acids is 1. The van der Waals surface area contributed by atoms with Crippen molar-refractivity contribution in [3.8, 4) is 0 Å². The van der Waals surface area contributed by atoms with E-state index >= 15 is 0 Å². The van der Waals surface area contributed by atoms with E-state index in [0.717, 1.165) is 19.5 Å². The van der Waals surface area contributed by atoms with Gasteiger partial charge in [-0.25, -0.2) is 0 Å². The number of hydrogen-bond donors (Lipinski definition) is 1. The molecule has 0 bridgehead atoms. The van der Waals surface area contributed by atoms with Crippen molar-refractivity contribution in [2.24, 2.45) is 5.92 Å². The number of aliphatic hydroxyl groups is 1. The van der Waals surface area contributed by atoms with E-state index in [9.17, 15) is 9.90 Å². The van der Waals surface area contributed by atoms with Gasteiger partial charge in [-0.15, -0.1) is 0 Å². The molecule has 0 aromatic heterocycles. The van der Waals surface area contributed by atoms with Crippen molar-refractivity contribution in [2.45, 2.75) is 50.2 Å². The second-order valence-corrected chi connectivity index (χ2v) is 7.74. The molecule has 2 aliphatic heterocycles. The Balaban J connectivity index is 1.47. The Morgan fingerprint density at radius 3 is 2.71 bits per heavy atom. The molecular weight excluding hydrogens is 300 g/mol. The summed E-state index contributed by atoms with van der Waals surface area (Å²) in [6.45, 7) is 3.06. The number of amides is 1. The predicted octanol–water partition coefficient (Wildman–Crippen LogP) is 2.37. The predicted molar refractivity (Wildman–Crippen MR) is 93.5 cm³/mol. The van der Waals surface area contributed by atoms with Crippen molar-refractivity contribution in [3.05, 3.63) is 35.9 Å². The van der Waals surface area contributed by atoms with Crippen molar-refractivity contribution >= 4 is 5.91 Å². The Morgan fingerprint density at radius 2 is 2.00 bits per heavy atom.